The highest BCUT2D eigenvalue weighted by molar-refractivity contribution is 6.05. The number of aromatic nitrogens is 4. The number of oxazole rings is 1. The molecule has 4 heterocycles. The molecule has 1 aliphatic heterocycles. The number of hydrogen-bond acceptors (Lipinski definition) is 8. The summed E-state index contributed by atoms with van der Waals surface area (Å²) >= 11 is 0. The molecule has 0 radical (unpaired) electrons. The number of likely N-dealkylation sites (tertiary alicyclic amines) is 1. The lowest BCUT2D eigenvalue weighted by atomic mass is 10.0. The maximum atomic E-state index is 13.6. The van der Waals surface area contributed by atoms with Crippen molar-refractivity contribution in [3.63, 3.8) is 0 Å². The number of alkyl halides is 1. The Morgan fingerprint density at radius 1 is 1.09 bits per heavy atom. The third kappa shape index (κ3) is 5.94. The van der Waals surface area contributed by atoms with Gasteiger partial charge in [-0.15, -0.1) is 0 Å². The van der Waals surface area contributed by atoms with Gasteiger partial charge >= 0.3 is 0 Å². The van der Waals surface area contributed by atoms with Crippen LogP contribution < -0.4 is 10.2 Å². The van der Waals surface area contributed by atoms with Gasteiger partial charge in [0, 0.05) is 55.5 Å². The van der Waals surface area contributed by atoms with E-state index >= 15 is 0 Å². The zero-order valence-corrected chi connectivity index (χ0v) is 24.6. The molecule has 0 spiro atoms. The van der Waals surface area contributed by atoms with Crippen LogP contribution in [0.25, 0.3) is 22.6 Å². The van der Waals surface area contributed by atoms with Crippen molar-refractivity contribution in [2.45, 2.75) is 37.7 Å². The maximum absolute atomic E-state index is 13.6. The van der Waals surface area contributed by atoms with Gasteiger partial charge in [-0.3, -0.25) is 24.2 Å². The van der Waals surface area contributed by atoms with Gasteiger partial charge in [-0.25, -0.2) is 9.37 Å². The second kappa shape index (κ2) is 11.9. The first-order valence-electron chi connectivity index (χ1n) is 15.0. The first-order valence-corrected chi connectivity index (χ1v) is 15.0. The van der Waals surface area contributed by atoms with E-state index in [2.05, 4.69) is 20.4 Å². The average molecular weight is 610 g/mol. The lowest BCUT2D eigenvalue weighted by Crippen LogP contribution is -2.48. The fourth-order valence-corrected chi connectivity index (χ4v) is 5.83. The highest BCUT2D eigenvalue weighted by Gasteiger charge is 2.43. The normalized spacial score (nSPS) is 19.4. The molecule has 2 aliphatic rings. The van der Waals surface area contributed by atoms with E-state index in [1.165, 1.54) is 0 Å². The molecule has 1 saturated heterocycles. The number of carbonyl (C=O) groups is 2. The maximum Gasteiger partial charge on any atom is 0.279 e. The molecule has 2 amide bonds. The Labute approximate surface area is 258 Å². The van der Waals surface area contributed by atoms with E-state index in [9.17, 15) is 19.1 Å². The van der Waals surface area contributed by atoms with E-state index < -0.39 is 18.3 Å². The number of halogens is 1. The van der Waals surface area contributed by atoms with Crippen molar-refractivity contribution in [3.05, 3.63) is 90.5 Å². The van der Waals surface area contributed by atoms with Crippen LogP contribution >= 0.6 is 0 Å². The zero-order valence-electron chi connectivity index (χ0n) is 24.6. The number of hydrogen-bond donors (Lipinski definition) is 2. The number of nitrogens with one attached hydrogen (secondary N) is 1. The number of rotatable bonds is 8. The van der Waals surface area contributed by atoms with Crippen LogP contribution in [0.3, 0.4) is 0 Å². The van der Waals surface area contributed by atoms with Gasteiger partial charge in [0.15, 0.2) is 17.5 Å². The minimum Gasteiger partial charge on any atom is -0.436 e. The fourth-order valence-electron chi connectivity index (χ4n) is 5.83. The molecule has 1 saturated carbocycles. The third-order valence-electron chi connectivity index (χ3n) is 8.39. The van der Waals surface area contributed by atoms with Crippen LogP contribution in [0, 0.1) is 5.92 Å². The topological polar surface area (TPSA) is 130 Å². The number of nitrogens with zero attached hydrogens (tertiary/aromatic N) is 6. The van der Waals surface area contributed by atoms with Crippen LogP contribution in [0.1, 0.15) is 41.7 Å². The Morgan fingerprint density at radius 3 is 2.58 bits per heavy atom. The number of anilines is 2. The molecule has 45 heavy (non-hydrogen) atoms. The summed E-state index contributed by atoms with van der Waals surface area (Å²) in [5, 5.41) is 18.4. The lowest BCUT2D eigenvalue weighted by molar-refractivity contribution is -0.117. The lowest BCUT2D eigenvalue weighted by Gasteiger charge is -2.39. The van der Waals surface area contributed by atoms with E-state index in [-0.39, 0.29) is 24.3 Å². The number of para-hydroxylation sites is 1. The summed E-state index contributed by atoms with van der Waals surface area (Å²) in [6.07, 6.45) is 2.89. The summed E-state index contributed by atoms with van der Waals surface area (Å²) in [6.45, 7) is 1.11. The monoisotopic (exact) mass is 609 g/mol. The number of aliphatic hydroxyl groups is 1. The van der Waals surface area contributed by atoms with Crippen molar-refractivity contribution < 1.29 is 23.5 Å². The van der Waals surface area contributed by atoms with Crippen molar-refractivity contribution in [1.82, 2.24) is 24.6 Å². The Kier molecular flexibility index (Phi) is 7.60. The summed E-state index contributed by atoms with van der Waals surface area (Å²) in [7, 11) is 1.79. The van der Waals surface area contributed by atoms with Crippen molar-refractivity contribution in [2.75, 3.05) is 23.3 Å². The summed E-state index contributed by atoms with van der Waals surface area (Å²) in [5.41, 5.74) is 3.89. The first-order chi connectivity index (χ1) is 21.8. The molecule has 1 unspecified atom stereocenters. The van der Waals surface area contributed by atoms with Gasteiger partial charge in [0.2, 0.25) is 11.8 Å². The first kappa shape index (κ1) is 28.8. The predicted molar refractivity (Wildman–Crippen MR) is 165 cm³/mol. The second-order valence-electron chi connectivity index (χ2n) is 11.5. The van der Waals surface area contributed by atoms with E-state index in [0.717, 1.165) is 5.69 Å². The zero-order chi connectivity index (χ0) is 31.1. The molecule has 3 aromatic heterocycles. The SMILES string of the molecule is Cn1ccc(C(=O)N(c2ccccc2)C2CCN(C(O)c3cc(-c4nc5cc(NC(=O)[C@@H]6C[C@@H]6F)ccc5o4)ccn3)CC2)n1. The molecule has 5 aromatic rings. The predicted octanol–water partition coefficient (Wildman–Crippen LogP) is 4.72. The Bertz CT molecular complexity index is 1850. The van der Waals surface area contributed by atoms with Crippen molar-refractivity contribution in [1.29, 1.82) is 0 Å². The van der Waals surface area contributed by atoms with Gasteiger partial charge in [-0.1, -0.05) is 18.2 Å². The average Bonchev–Trinajstić information content (AvgIpc) is 3.41. The number of benzene rings is 2. The molecule has 3 atom stereocenters. The van der Waals surface area contributed by atoms with Gasteiger partial charge in [-0.05, 0) is 67.8 Å². The minimum absolute atomic E-state index is 0.0678. The highest BCUT2D eigenvalue weighted by atomic mass is 19.1. The van der Waals surface area contributed by atoms with E-state index in [1.54, 1.807) is 60.5 Å². The van der Waals surface area contributed by atoms with Crippen LogP contribution in [-0.2, 0) is 11.8 Å². The van der Waals surface area contributed by atoms with E-state index in [4.69, 9.17) is 4.42 Å². The van der Waals surface area contributed by atoms with Crippen LogP contribution in [0.5, 0.6) is 0 Å². The number of amides is 2. The third-order valence-corrected chi connectivity index (χ3v) is 8.39. The molecule has 11 nitrogen and oxygen atoms in total. The van der Waals surface area contributed by atoms with Gasteiger partial charge in [-0.2, -0.15) is 5.10 Å². The van der Waals surface area contributed by atoms with Gasteiger partial charge in [0.05, 0.1) is 11.6 Å². The van der Waals surface area contributed by atoms with E-state index in [1.807, 2.05) is 40.1 Å². The summed E-state index contributed by atoms with van der Waals surface area (Å²) in [5.74, 6) is -0.729. The molecule has 7 rings (SSSR count). The molecule has 1 aliphatic carbocycles. The number of fused-ring (bicyclic) bond motifs is 1. The molecule has 12 heteroatoms. The Hall–Kier alpha value is -4.94. The van der Waals surface area contributed by atoms with Crippen LogP contribution in [-0.4, -0.2) is 66.9 Å². The molecular formula is C33H32FN7O4. The number of aryl methyl sites for hydroxylation is 1. The highest BCUT2D eigenvalue weighted by Crippen LogP contribution is 2.35. The van der Waals surface area contributed by atoms with Crippen LogP contribution in [0.4, 0.5) is 15.8 Å². The molecule has 2 aromatic carbocycles. The van der Waals surface area contributed by atoms with Crippen molar-refractivity contribution in [2.24, 2.45) is 13.0 Å². The number of pyridine rings is 1. The molecular weight excluding hydrogens is 577 g/mol. The molecule has 230 valence electrons. The number of piperidine rings is 1. The fraction of sp³-hybridized carbons (Fsp3) is 0.303. The minimum atomic E-state index is -1.07. The molecule has 0 bridgehead atoms. The standard InChI is InChI=1S/C33H32FN7O4/c1-39-14-12-26(38-39)33(44)41(22-5-3-2-4-6-22)23-10-15-40(16-11-23)32(43)28-17-20(9-13-35-28)31-37-27-18-21(7-8-29(27)45-31)36-30(42)24-19-25(24)34/h2-9,12-14,17-18,23-25,32,43H,10-11,15-16,19H2,1H3,(H,36,42)/t24-,25+,32?/m1/s1. The van der Waals surface area contributed by atoms with E-state index in [0.29, 0.717) is 65.6 Å². The van der Waals surface area contributed by atoms with Crippen LogP contribution in [0.2, 0.25) is 0 Å². The summed E-state index contributed by atoms with van der Waals surface area (Å²) in [6, 6.07) is 19.8. The van der Waals surface area contributed by atoms with Crippen molar-refractivity contribution >= 4 is 34.3 Å². The van der Waals surface area contributed by atoms with Crippen LogP contribution in [0.15, 0.2) is 83.5 Å². The van der Waals surface area contributed by atoms with Gasteiger partial charge in [0.25, 0.3) is 5.91 Å². The Balaban J connectivity index is 1.04. The van der Waals surface area contributed by atoms with Gasteiger partial charge < -0.3 is 19.7 Å². The second-order valence-corrected chi connectivity index (χ2v) is 11.5. The quantitative estimate of drug-likeness (QED) is 0.259. The number of carbonyl (C=O) groups excluding carboxylic acids is 2. The Morgan fingerprint density at radius 2 is 1.87 bits per heavy atom. The smallest absolute Gasteiger partial charge is 0.279 e. The molecule has 2 N–H and O–H groups in total. The van der Waals surface area contributed by atoms with Gasteiger partial charge in [0.1, 0.15) is 11.7 Å². The molecule has 2 fully saturated rings. The summed E-state index contributed by atoms with van der Waals surface area (Å²) in [4.78, 5) is 38.5. The number of aliphatic hydroxyl groups excluding tert-OH is 1. The van der Waals surface area contributed by atoms with Crippen molar-refractivity contribution in [3.8, 4) is 11.5 Å². The summed E-state index contributed by atoms with van der Waals surface area (Å²) < 4.78 is 20.8. The largest absolute Gasteiger partial charge is 0.436 e.